The number of benzene rings is 2. The van der Waals surface area contributed by atoms with Gasteiger partial charge in [-0.2, -0.15) is 0 Å². The normalized spacial score (nSPS) is 10.6. The van der Waals surface area contributed by atoms with Crippen LogP contribution in [0, 0.1) is 10.1 Å². The van der Waals surface area contributed by atoms with Crippen LogP contribution in [0.3, 0.4) is 0 Å². The van der Waals surface area contributed by atoms with Gasteiger partial charge in [0, 0.05) is 36.9 Å². The molecule has 0 aliphatic heterocycles. The highest BCUT2D eigenvalue weighted by Crippen LogP contribution is 2.31. The third-order valence-corrected chi connectivity index (χ3v) is 6.13. The van der Waals surface area contributed by atoms with Gasteiger partial charge in [0.15, 0.2) is 4.34 Å². The molecule has 0 bridgehead atoms. The molecule has 0 spiro atoms. The van der Waals surface area contributed by atoms with E-state index in [-0.39, 0.29) is 22.9 Å². The van der Waals surface area contributed by atoms with E-state index in [1.807, 2.05) is 0 Å². The summed E-state index contributed by atoms with van der Waals surface area (Å²) in [6, 6.07) is 9.05. The van der Waals surface area contributed by atoms with E-state index in [9.17, 15) is 24.5 Å². The maximum Gasteiger partial charge on any atom is 0.302 e. The Balaban J connectivity index is 1.72. The van der Waals surface area contributed by atoms with E-state index in [1.54, 1.807) is 18.2 Å². The SMILES string of the molecule is CC(=O)Nc1ccc(C(=O)Nc2ccc3nc(SCCOC(C)=O)sc3c2)cc1[N+](=O)[O-]. The van der Waals surface area contributed by atoms with Crippen LogP contribution in [-0.4, -0.2) is 40.1 Å². The number of thioether (sulfide) groups is 1. The second-order valence-corrected chi connectivity index (χ2v) is 8.85. The van der Waals surface area contributed by atoms with Gasteiger partial charge in [-0.05, 0) is 30.3 Å². The van der Waals surface area contributed by atoms with Crippen molar-refractivity contribution in [3.05, 3.63) is 52.1 Å². The predicted molar refractivity (Wildman–Crippen MR) is 122 cm³/mol. The van der Waals surface area contributed by atoms with Crippen molar-refractivity contribution >= 4 is 68.2 Å². The average Bonchev–Trinajstić information content (AvgIpc) is 3.12. The number of nitro groups is 1. The van der Waals surface area contributed by atoms with Gasteiger partial charge >= 0.3 is 5.97 Å². The number of thiazole rings is 1. The minimum Gasteiger partial charge on any atom is -0.465 e. The van der Waals surface area contributed by atoms with Crippen LogP contribution < -0.4 is 10.6 Å². The highest BCUT2D eigenvalue weighted by atomic mass is 32.2. The number of aromatic nitrogens is 1. The van der Waals surface area contributed by atoms with Gasteiger partial charge in [-0.3, -0.25) is 24.5 Å². The molecule has 0 unspecified atom stereocenters. The lowest BCUT2D eigenvalue weighted by Gasteiger charge is -2.08. The predicted octanol–water partition coefficient (Wildman–Crippen LogP) is 4.07. The summed E-state index contributed by atoms with van der Waals surface area (Å²) in [5.41, 5.74) is 0.997. The van der Waals surface area contributed by atoms with Crippen molar-refractivity contribution in [2.75, 3.05) is 23.0 Å². The Morgan fingerprint density at radius 2 is 1.94 bits per heavy atom. The number of nitrogens with one attached hydrogen (secondary N) is 2. The van der Waals surface area contributed by atoms with Crippen molar-refractivity contribution in [2.24, 2.45) is 0 Å². The highest BCUT2D eigenvalue weighted by molar-refractivity contribution is 8.01. The number of hydrogen-bond donors (Lipinski definition) is 2. The molecule has 3 rings (SSSR count). The van der Waals surface area contributed by atoms with Gasteiger partial charge < -0.3 is 15.4 Å². The molecule has 0 aliphatic rings. The summed E-state index contributed by atoms with van der Waals surface area (Å²) in [6.45, 7) is 2.89. The molecular formula is C20H18N4O6S2. The van der Waals surface area contributed by atoms with Gasteiger partial charge in [0.05, 0.1) is 15.1 Å². The molecule has 0 atom stereocenters. The second kappa shape index (κ2) is 10.2. The first-order valence-corrected chi connectivity index (χ1v) is 11.1. The number of ether oxygens (including phenoxy) is 1. The van der Waals surface area contributed by atoms with Gasteiger partial charge in [0.1, 0.15) is 12.3 Å². The first-order valence-electron chi connectivity index (χ1n) is 9.27. The van der Waals surface area contributed by atoms with Crippen LogP contribution in [0.25, 0.3) is 10.2 Å². The third kappa shape index (κ3) is 6.02. The van der Waals surface area contributed by atoms with Gasteiger partial charge in [0.25, 0.3) is 11.6 Å². The van der Waals surface area contributed by atoms with Crippen molar-refractivity contribution in [2.45, 2.75) is 18.2 Å². The molecule has 12 heteroatoms. The number of nitrogens with zero attached hydrogens (tertiary/aromatic N) is 2. The number of nitro benzene ring substituents is 1. The average molecular weight is 475 g/mol. The van der Waals surface area contributed by atoms with Crippen LogP contribution in [0.5, 0.6) is 0 Å². The Bertz CT molecular complexity index is 1210. The van der Waals surface area contributed by atoms with Gasteiger partial charge in [0.2, 0.25) is 5.91 Å². The van der Waals surface area contributed by atoms with Crippen molar-refractivity contribution in [3.8, 4) is 0 Å². The molecule has 2 N–H and O–H groups in total. The van der Waals surface area contributed by atoms with Crippen molar-refractivity contribution in [1.82, 2.24) is 4.98 Å². The van der Waals surface area contributed by atoms with Gasteiger partial charge in [-0.25, -0.2) is 4.98 Å². The minimum absolute atomic E-state index is 0.0175. The zero-order chi connectivity index (χ0) is 23.3. The molecule has 3 aromatic rings. The summed E-state index contributed by atoms with van der Waals surface area (Å²) in [5.74, 6) is -0.726. The number of rotatable bonds is 8. The Kier molecular flexibility index (Phi) is 7.38. The zero-order valence-corrected chi connectivity index (χ0v) is 18.7. The van der Waals surface area contributed by atoms with Crippen LogP contribution in [0.2, 0.25) is 0 Å². The van der Waals surface area contributed by atoms with Gasteiger partial charge in [-0.15, -0.1) is 11.3 Å². The summed E-state index contributed by atoms with van der Waals surface area (Å²) in [5, 5.41) is 16.4. The van der Waals surface area contributed by atoms with E-state index in [2.05, 4.69) is 15.6 Å². The summed E-state index contributed by atoms with van der Waals surface area (Å²) < 4.78 is 6.56. The smallest absolute Gasteiger partial charge is 0.302 e. The summed E-state index contributed by atoms with van der Waals surface area (Å²) in [7, 11) is 0. The fourth-order valence-corrected chi connectivity index (χ4v) is 4.68. The van der Waals surface area contributed by atoms with Crippen molar-refractivity contribution in [1.29, 1.82) is 0 Å². The number of esters is 1. The molecule has 1 heterocycles. The van der Waals surface area contributed by atoms with Crippen LogP contribution in [0.15, 0.2) is 40.7 Å². The van der Waals surface area contributed by atoms with Crippen LogP contribution in [0.4, 0.5) is 17.1 Å². The van der Waals surface area contributed by atoms with Crippen LogP contribution in [-0.2, 0) is 14.3 Å². The van der Waals surface area contributed by atoms with E-state index in [4.69, 9.17) is 4.74 Å². The van der Waals surface area contributed by atoms with E-state index in [0.29, 0.717) is 18.0 Å². The Labute approximate surface area is 190 Å². The number of amides is 2. The highest BCUT2D eigenvalue weighted by Gasteiger charge is 2.18. The molecule has 0 aliphatic carbocycles. The Morgan fingerprint density at radius 1 is 1.16 bits per heavy atom. The van der Waals surface area contributed by atoms with E-state index < -0.39 is 16.7 Å². The molecule has 0 fully saturated rings. The molecule has 2 amide bonds. The van der Waals surface area contributed by atoms with Crippen molar-refractivity contribution < 1.29 is 24.0 Å². The van der Waals surface area contributed by atoms with E-state index in [0.717, 1.165) is 20.6 Å². The maximum atomic E-state index is 12.6. The number of anilines is 2. The van der Waals surface area contributed by atoms with Crippen LogP contribution in [0.1, 0.15) is 24.2 Å². The third-order valence-electron chi connectivity index (χ3n) is 4.01. The second-order valence-electron chi connectivity index (χ2n) is 6.48. The van der Waals surface area contributed by atoms with Crippen molar-refractivity contribution in [3.63, 3.8) is 0 Å². The summed E-state index contributed by atoms with van der Waals surface area (Å²) >= 11 is 2.90. The number of carbonyl (C=O) groups is 3. The molecule has 2 aromatic carbocycles. The lowest BCUT2D eigenvalue weighted by Crippen LogP contribution is -2.13. The maximum absolute atomic E-state index is 12.6. The molecular weight excluding hydrogens is 456 g/mol. The number of carbonyl (C=O) groups excluding carboxylic acids is 3. The molecule has 10 nitrogen and oxygen atoms in total. The number of hydrogen-bond acceptors (Lipinski definition) is 9. The lowest BCUT2D eigenvalue weighted by molar-refractivity contribution is -0.384. The number of fused-ring (bicyclic) bond motifs is 1. The van der Waals surface area contributed by atoms with E-state index >= 15 is 0 Å². The van der Waals surface area contributed by atoms with Crippen LogP contribution >= 0.6 is 23.1 Å². The molecule has 32 heavy (non-hydrogen) atoms. The summed E-state index contributed by atoms with van der Waals surface area (Å²) in [6.07, 6.45) is 0. The van der Waals surface area contributed by atoms with Gasteiger partial charge in [-0.1, -0.05) is 11.8 Å². The first kappa shape index (κ1) is 23.2. The molecule has 1 aromatic heterocycles. The van der Waals surface area contributed by atoms with E-state index in [1.165, 1.54) is 49.1 Å². The Hall–Kier alpha value is -3.51. The lowest BCUT2D eigenvalue weighted by atomic mass is 10.1. The monoisotopic (exact) mass is 474 g/mol. The zero-order valence-electron chi connectivity index (χ0n) is 17.0. The molecule has 0 saturated carbocycles. The quantitative estimate of drug-likeness (QED) is 0.164. The minimum atomic E-state index is -0.661. The fraction of sp³-hybridized carbons (Fsp3) is 0.200. The largest absolute Gasteiger partial charge is 0.465 e. The first-order chi connectivity index (χ1) is 15.2. The topological polar surface area (TPSA) is 141 Å². The standard InChI is InChI=1S/C20H18N4O6S2/c1-11(25)21-15-5-3-13(9-17(15)24(28)29)19(27)22-14-4-6-16-18(10-14)32-20(23-16)31-8-7-30-12(2)26/h3-6,9-10H,7-8H2,1-2H3,(H,21,25)(H,22,27). The summed E-state index contributed by atoms with van der Waals surface area (Å²) in [4.78, 5) is 49.8. The molecule has 166 valence electrons. The Morgan fingerprint density at radius 3 is 2.62 bits per heavy atom. The molecule has 0 saturated heterocycles. The fourth-order valence-electron chi connectivity index (χ4n) is 2.68. The molecule has 0 radical (unpaired) electrons.